The lowest BCUT2D eigenvalue weighted by Gasteiger charge is -2.32. The minimum atomic E-state index is -1.78. The SMILES string of the molecule is CCN1CCCC(Nc2nc(Nc3cccnc3OC)nc(C(Cl)(Cl)Cl)n2)C1. The van der Waals surface area contributed by atoms with E-state index in [4.69, 9.17) is 39.5 Å². The Hall–Kier alpha value is -1.61. The van der Waals surface area contributed by atoms with Crippen LogP contribution in [-0.4, -0.2) is 57.6 Å². The second-order valence-electron chi connectivity index (χ2n) is 6.37. The lowest BCUT2D eigenvalue weighted by molar-refractivity contribution is 0.226. The topological polar surface area (TPSA) is 88.1 Å². The lowest BCUT2D eigenvalue weighted by atomic mass is 10.1. The summed E-state index contributed by atoms with van der Waals surface area (Å²) in [4.78, 5) is 19.5. The molecule has 0 aliphatic carbocycles. The van der Waals surface area contributed by atoms with Crippen LogP contribution in [0.4, 0.5) is 17.6 Å². The van der Waals surface area contributed by atoms with Crippen molar-refractivity contribution in [2.75, 3.05) is 37.4 Å². The van der Waals surface area contributed by atoms with Crippen molar-refractivity contribution < 1.29 is 4.74 Å². The molecule has 0 amide bonds. The van der Waals surface area contributed by atoms with E-state index in [0.29, 0.717) is 17.5 Å². The number of piperidine rings is 1. The third kappa shape index (κ3) is 5.47. The summed E-state index contributed by atoms with van der Waals surface area (Å²) in [5.74, 6) is 1.01. The Labute approximate surface area is 179 Å². The Kier molecular flexibility index (Phi) is 6.98. The highest BCUT2D eigenvalue weighted by Crippen LogP contribution is 2.37. The number of nitrogens with one attached hydrogen (secondary N) is 2. The summed E-state index contributed by atoms with van der Waals surface area (Å²) >= 11 is 18.1. The summed E-state index contributed by atoms with van der Waals surface area (Å²) in [5, 5.41) is 6.40. The molecule has 0 spiro atoms. The monoisotopic (exact) mass is 445 g/mol. The molecule has 1 saturated heterocycles. The van der Waals surface area contributed by atoms with E-state index in [9.17, 15) is 0 Å². The molecule has 1 unspecified atom stereocenters. The Morgan fingerprint density at radius 1 is 1.25 bits per heavy atom. The van der Waals surface area contributed by atoms with Crippen molar-refractivity contribution in [1.82, 2.24) is 24.8 Å². The van der Waals surface area contributed by atoms with Gasteiger partial charge >= 0.3 is 0 Å². The highest BCUT2D eigenvalue weighted by Gasteiger charge is 2.29. The zero-order valence-electron chi connectivity index (χ0n) is 15.6. The van der Waals surface area contributed by atoms with Crippen molar-refractivity contribution in [3.8, 4) is 5.88 Å². The molecule has 1 atom stereocenters. The molecule has 2 aromatic rings. The Morgan fingerprint density at radius 3 is 2.75 bits per heavy atom. The molecule has 1 aliphatic rings. The van der Waals surface area contributed by atoms with Gasteiger partial charge in [0.2, 0.25) is 21.6 Å². The molecule has 0 aromatic carbocycles. The van der Waals surface area contributed by atoms with Crippen LogP contribution < -0.4 is 15.4 Å². The van der Waals surface area contributed by atoms with Crippen molar-refractivity contribution >= 4 is 52.4 Å². The molecule has 3 heterocycles. The quantitative estimate of drug-likeness (QED) is 0.649. The van der Waals surface area contributed by atoms with Crippen LogP contribution in [0.2, 0.25) is 0 Å². The first-order valence-electron chi connectivity index (χ1n) is 8.97. The van der Waals surface area contributed by atoms with E-state index in [1.165, 1.54) is 7.11 Å². The van der Waals surface area contributed by atoms with Gasteiger partial charge in [0.1, 0.15) is 5.69 Å². The number of rotatable bonds is 6. The largest absolute Gasteiger partial charge is 0.480 e. The molecule has 3 rings (SSSR count). The number of ether oxygens (including phenoxy) is 1. The third-order valence-corrected chi connectivity index (χ3v) is 4.89. The Morgan fingerprint density at radius 2 is 2.04 bits per heavy atom. The maximum atomic E-state index is 6.03. The second-order valence-corrected chi connectivity index (χ2v) is 8.65. The first kappa shape index (κ1) is 21.1. The number of hydrogen-bond donors (Lipinski definition) is 2. The van der Waals surface area contributed by atoms with Crippen LogP contribution in [0.5, 0.6) is 5.88 Å². The van der Waals surface area contributed by atoms with E-state index in [0.717, 1.165) is 32.5 Å². The van der Waals surface area contributed by atoms with E-state index in [1.807, 2.05) is 0 Å². The van der Waals surface area contributed by atoms with Crippen LogP contribution in [-0.2, 0) is 3.79 Å². The molecular formula is C17H22Cl3N7O. The molecule has 1 aliphatic heterocycles. The van der Waals surface area contributed by atoms with Gasteiger partial charge in [-0.1, -0.05) is 41.7 Å². The van der Waals surface area contributed by atoms with E-state index in [-0.39, 0.29) is 17.8 Å². The van der Waals surface area contributed by atoms with Gasteiger partial charge in [-0.25, -0.2) is 4.98 Å². The van der Waals surface area contributed by atoms with Gasteiger partial charge in [-0.3, -0.25) is 0 Å². The Balaban J connectivity index is 1.87. The smallest absolute Gasteiger partial charge is 0.250 e. The molecule has 0 bridgehead atoms. The minimum Gasteiger partial charge on any atom is -0.480 e. The van der Waals surface area contributed by atoms with E-state index < -0.39 is 3.79 Å². The predicted molar refractivity (Wildman–Crippen MR) is 112 cm³/mol. The van der Waals surface area contributed by atoms with Gasteiger partial charge in [0.25, 0.3) is 0 Å². The predicted octanol–water partition coefficient (Wildman–Crippen LogP) is 3.74. The van der Waals surface area contributed by atoms with Gasteiger partial charge in [-0.2, -0.15) is 15.0 Å². The zero-order chi connectivity index (χ0) is 20.1. The van der Waals surface area contributed by atoms with Crippen molar-refractivity contribution in [2.45, 2.75) is 29.6 Å². The molecule has 2 N–H and O–H groups in total. The van der Waals surface area contributed by atoms with Crippen LogP contribution in [0, 0.1) is 0 Å². The summed E-state index contributed by atoms with van der Waals surface area (Å²) < 4.78 is 3.47. The fourth-order valence-electron chi connectivity index (χ4n) is 3.04. The number of nitrogens with zero attached hydrogens (tertiary/aromatic N) is 5. The normalized spacial score (nSPS) is 18.0. The highest BCUT2D eigenvalue weighted by atomic mass is 35.6. The molecule has 1 fully saturated rings. The number of halogens is 3. The number of likely N-dealkylation sites (tertiary alicyclic amines) is 1. The number of alkyl halides is 3. The van der Waals surface area contributed by atoms with Gasteiger partial charge in [0.05, 0.1) is 7.11 Å². The number of pyridine rings is 1. The molecular weight excluding hydrogens is 425 g/mol. The molecule has 11 heteroatoms. The summed E-state index contributed by atoms with van der Waals surface area (Å²) in [7, 11) is 1.53. The average Bonchev–Trinajstić information content (AvgIpc) is 2.67. The fourth-order valence-corrected chi connectivity index (χ4v) is 3.29. The van der Waals surface area contributed by atoms with Crippen LogP contribution in [0.15, 0.2) is 18.3 Å². The zero-order valence-corrected chi connectivity index (χ0v) is 17.9. The molecule has 0 saturated carbocycles. The number of methoxy groups -OCH3 is 1. The maximum absolute atomic E-state index is 6.03. The van der Waals surface area contributed by atoms with Crippen LogP contribution in [0.1, 0.15) is 25.6 Å². The van der Waals surface area contributed by atoms with E-state index in [2.05, 4.69) is 42.4 Å². The summed E-state index contributed by atoms with van der Waals surface area (Å²) in [5.41, 5.74) is 0.590. The summed E-state index contributed by atoms with van der Waals surface area (Å²) in [6, 6.07) is 3.76. The van der Waals surface area contributed by atoms with Gasteiger partial charge in [0, 0.05) is 18.8 Å². The van der Waals surface area contributed by atoms with Crippen LogP contribution in [0.25, 0.3) is 0 Å². The number of hydrogen-bond acceptors (Lipinski definition) is 8. The number of aromatic nitrogens is 4. The fraction of sp³-hybridized carbons (Fsp3) is 0.529. The number of anilines is 3. The summed E-state index contributed by atoms with van der Waals surface area (Å²) in [6.45, 7) is 5.15. The average molecular weight is 447 g/mol. The van der Waals surface area contributed by atoms with Gasteiger partial charge < -0.3 is 20.3 Å². The van der Waals surface area contributed by atoms with Crippen LogP contribution in [0.3, 0.4) is 0 Å². The van der Waals surface area contributed by atoms with Crippen molar-refractivity contribution in [2.24, 2.45) is 0 Å². The highest BCUT2D eigenvalue weighted by molar-refractivity contribution is 6.66. The van der Waals surface area contributed by atoms with Crippen molar-refractivity contribution in [3.05, 3.63) is 24.2 Å². The lowest BCUT2D eigenvalue weighted by Crippen LogP contribution is -2.42. The molecule has 2 aromatic heterocycles. The van der Waals surface area contributed by atoms with Crippen molar-refractivity contribution in [3.63, 3.8) is 0 Å². The molecule has 8 nitrogen and oxygen atoms in total. The Bertz CT molecular complexity index is 803. The van der Waals surface area contributed by atoms with Crippen LogP contribution >= 0.6 is 34.8 Å². The van der Waals surface area contributed by atoms with E-state index >= 15 is 0 Å². The maximum Gasteiger partial charge on any atom is 0.250 e. The molecule has 28 heavy (non-hydrogen) atoms. The second kappa shape index (κ2) is 9.26. The molecule has 152 valence electrons. The van der Waals surface area contributed by atoms with Crippen molar-refractivity contribution in [1.29, 1.82) is 0 Å². The summed E-state index contributed by atoms with van der Waals surface area (Å²) in [6.07, 6.45) is 3.75. The third-order valence-electron chi connectivity index (χ3n) is 4.39. The first-order valence-corrected chi connectivity index (χ1v) is 10.1. The van der Waals surface area contributed by atoms with E-state index in [1.54, 1.807) is 18.3 Å². The minimum absolute atomic E-state index is 0.0310. The number of likely N-dealkylation sites (N-methyl/N-ethyl adjacent to an activating group) is 1. The van der Waals surface area contributed by atoms with Gasteiger partial charge in [-0.05, 0) is 38.1 Å². The van der Waals surface area contributed by atoms with Gasteiger partial charge in [-0.15, -0.1) is 0 Å². The standard InChI is InChI=1S/C17H22Cl3N7O/c1-3-27-9-5-6-11(10-27)22-15-24-14(17(18,19)20)25-16(26-15)23-12-7-4-8-21-13(12)28-2/h4,7-8,11H,3,5-6,9-10H2,1-2H3,(H2,22,23,24,25,26). The first-order chi connectivity index (χ1) is 13.4. The van der Waals surface area contributed by atoms with Gasteiger partial charge in [0.15, 0.2) is 5.82 Å². The molecule has 0 radical (unpaired) electrons.